The van der Waals surface area contributed by atoms with E-state index in [4.69, 9.17) is 5.11 Å². The maximum atomic E-state index is 11.6. The number of carboxylic acids is 1. The van der Waals surface area contributed by atoms with Crippen LogP contribution in [0.15, 0.2) is 18.5 Å². The van der Waals surface area contributed by atoms with E-state index in [9.17, 15) is 9.59 Å². The first kappa shape index (κ1) is 13.7. The lowest BCUT2D eigenvalue weighted by Gasteiger charge is -2.03. The first-order chi connectivity index (χ1) is 9.54. The summed E-state index contributed by atoms with van der Waals surface area (Å²) in [6.45, 7) is 0.388. The number of aromatic nitrogens is 5. The van der Waals surface area contributed by atoms with Crippen molar-refractivity contribution >= 4 is 11.9 Å². The highest BCUT2D eigenvalue weighted by Gasteiger charge is 2.10. The van der Waals surface area contributed by atoms with Crippen LogP contribution in [0.2, 0.25) is 0 Å². The molecule has 0 spiro atoms. The zero-order valence-electron chi connectivity index (χ0n) is 10.9. The van der Waals surface area contributed by atoms with Gasteiger partial charge in [0, 0.05) is 26.2 Å². The van der Waals surface area contributed by atoms with E-state index in [-0.39, 0.29) is 18.1 Å². The molecule has 2 aromatic heterocycles. The quantitative estimate of drug-likeness (QED) is 0.705. The summed E-state index contributed by atoms with van der Waals surface area (Å²) in [5.74, 6) is -1.44. The van der Waals surface area contributed by atoms with E-state index in [0.717, 1.165) is 5.69 Å². The number of amides is 1. The fourth-order valence-corrected chi connectivity index (χ4v) is 1.60. The van der Waals surface area contributed by atoms with Gasteiger partial charge in [0.25, 0.3) is 0 Å². The van der Waals surface area contributed by atoms with Crippen molar-refractivity contribution in [2.24, 2.45) is 7.05 Å². The predicted molar refractivity (Wildman–Crippen MR) is 66.9 cm³/mol. The molecule has 0 saturated carbocycles. The second-order valence-corrected chi connectivity index (χ2v) is 4.19. The fourth-order valence-electron chi connectivity index (χ4n) is 1.60. The summed E-state index contributed by atoms with van der Waals surface area (Å²) in [7, 11) is 1.83. The molecule has 0 aliphatic rings. The Morgan fingerprint density at radius 1 is 1.45 bits per heavy atom. The average molecular weight is 278 g/mol. The summed E-state index contributed by atoms with van der Waals surface area (Å²) in [4.78, 5) is 22.2. The zero-order valence-corrected chi connectivity index (χ0v) is 10.9. The number of hydrogen-bond acceptors (Lipinski definition) is 5. The number of rotatable bonds is 6. The summed E-state index contributed by atoms with van der Waals surface area (Å²) in [5.41, 5.74) is 0.702. The van der Waals surface area contributed by atoms with Crippen molar-refractivity contribution in [3.8, 4) is 0 Å². The number of nitrogens with one attached hydrogen (secondary N) is 1. The first-order valence-corrected chi connectivity index (χ1v) is 5.93. The van der Waals surface area contributed by atoms with Crippen LogP contribution in [-0.4, -0.2) is 48.3 Å². The van der Waals surface area contributed by atoms with E-state index in [1.165, 1.54) is 10.9 Å². The summed E-state index contributed by atoms with van der Waals surface area (Å²) >= 11 is 0. The van der Waals surface area contributed by atoms with Gasteiger partial charge in [-0.05, 0) is 6.07 Å². The van der Waals surface area contributed by atoms with Gasteiger partial charge in [-0.1, -0.05) is 5.21 Å². The molecule has 2 heterocycles. The van der Waals surface area contributed by atoms with Crippen molar-refractivity contribution < 1.29 is 14.7 Å². The number of carbonyl (C=O) groups excluding carboxylic acids is 1. The van der Waals surface area contributed by atoms with Crippen molar-refractivity contribution in [1.29, 1.82) is 0 Å². The minimum absolute atomic E-state index is 0.0670. The van der Waals surface area contributed by atoms with Crippen LogP contribution in [0.4, 0.5) is 0 Å². The molecule has 0 aliphatic heterocycles. The van der Waals surface area contributed by atoms with E-state index in [1.54, 1.807) is 4.68 Å². The Balaban J connectivity index is 1.76. The molecule has 20 heavy (non-hydrogen) atoms. The van der Waals surface area contributed by atoms with Gasteiger partial charge in [-0.3, -0.25) is 9.48 Å². The third-order valence-electron chi connectivity index (χ3n) is 2.54. The monoisotopic (exact) mass is 278 g/mol. The SMILES string of the molecule is Cn1ccc(CCNC(=O)Cn2cc(C(=O)O)nn2)n1. The van der Waals surface area contributed by atoms with Crippen LogP contribution in [0.25, 0.3) is 0 Å². The van der Waals surface area contributed by atoms with Crippen LogP contribution in [0, 0.1) is 0 Å². The van der Waals surface area contributed by atoms with Gasteiger partial charge in [-0.15, -0.1) is 5.10 Å². The number of carbonyl (C=O) groups is 2. The number of aryl methyl sites for hydroxylation is 1. The van der Waals surface area contributed by atoms with Crippen molar-refractivity contribution in [1.82, 2.24) is 30.1 Å². The topological polar surface area (TPSA) is 115 Å². The van der Waals surface area contributed by atoms with E-state index in [2.05, 4.69) is 20.7 Å². The molecule has 2 rings (SSSR count). The van der Waals surface area contributed by atoms with Crippen molar-refractivity contribution in [2.45, 2.75) is 13.0 Å². The van der Waals surface area contributed by atoms with Gasteiger partial charge < -0.3 is 10.4 Å². The molecule has 0 saturated heterocycles. The van der Waals surface area contributed by atoms with E-state index in [0.29, 0.717) is 13.0 Å². The number of hydrogen-bond donors (Lipinski definition) is 2. The lowest BCUT2D eigenvalue weighted by molar-refractivity contribution is -0.121. The molecule has 0 atom stereocenters. The van der Waals surface area contributed by atoms with Gasteiger partial charge in [-0.25, -0.2) is 9.48 Å². The molecule has 0 radical (unpaired) electrons. The molecule has 0 aromatic carbocycles. The van der Waals surface area contributed by atoms with Crippen molar-refractivity contribution in [2.75, 3.05) is 6.54 Å². The molecule has 0 aliphatic carbocycles. The third-order valence-corrected chi connectivity index (χ3v) is 2.54. The lowest BCUT2D eigenvalue weighted by atomic mass is 10.3. The van der Waals surface area contributed by atoms with E-state index >= 15 is 0 Å². The molecule has 1 amide bonds. The standard InChI is InChI=1S/C11H14N6O3/c1-16-5-3-8(14-16)2-4-12-10(18)7-17-6-9(11(19)20)13-15-17/h3,5-6H,2,4,7H2,1H3,(H,12,18)(H,19,20). The summed E-state index contributed by atoms with van der Waals surface area (Å²) < 4.78 is 2.87. The summed E-state index contributed by atoms with van der Waals surface area (Å²) in [6.07, 6.45) is 3.67. The van der Waals surface area contributed by atoms with Crippen molar-refractivity contribution in [3.63, 3.8) is 0 Å². The normalized spacial score (nSPS) is 10.4. The summed E-state index contributed by atoms with van der Waals surface area (Å²) in [5, 5.41) is 22.5. The average Bonchev–Trinajstić information content (AvgIpc) is 2.99. The van der Waals surface area contributed by atoms with Crippen molar-refractivity contribution in [3.05, 3.63) is 29.8 Å². The van der Waals surface area contributed by atoms with Crippen LogP contribution < -0.4 is 5.32 Å². The molecule has 0 unspecified atom stereocenters. The molecular weight excluding hydrogens is 264 g/mol. The molecule has 106 valence electrons. The Hall–Kier alpha value is -2.71. The Labute approximate surface area is 114 Å². The molecule has 9 nitrogen and oxygen atoms in total. The second-order valence-electron chi connectivity index (χ2n) is 4.19. The highest BCUT2D eigenvalue weighted by molar-refractivity contribution is 5.84. The first-order valence-electron chi connectivity index (χ1n) is 5.93. The maximum absolute atomic E-state index is 11.6. The van der Waals surface area contributed by atoms with Gasteiger partial charge >= 0.3 is 5.97 Å². The number of carboxylic acid groups (broad SMARTS) is 1. The molecule has 9 heteroatoms. The molecule has 2 aromatic rings. The van der Waals surface area contributed by atoms with Crippen LogP contribution in [0.5, 0.6) is 0 Å². The Morgan fingerprint density at radius 3 is 2.85 bits per heavy atom. The Kier molecular flexibility index (Phi) is 4.08. The van der Waals surface area contributed by atoms with Crippen LogP contribution in [0.3, 0.4) is 0 Å². The lowest BCUT2D eigenvalue weighted by Crippen LogP contribution is -2.29. The highest BCUT2D eigenvalue weighted by Crippen LogP contribution is 1.95. The van der Waals surface area contributed by atoms with Gasteiger partial charge in [0.1, 0.15) is 6.54 Å². The van der Waals surface area contributed by atoms with Crippen LogP contribution in [0.1, 0.15) is 16.2 Å². The maximum Gasteiger partial charge on any atom is 0.358 e. The second kappa shape index (κ2) is 5.95. The predicted octanol–water partition coefficient (Wildman–Crippen LogP) is -0.931. The number of nitrogens with zero attached hydrogens (tertiary/aromatic N) is 5. The van der Waals surface area contributed by atoms with Gasteiger partial charge in [0.05, 0.1) is 11.9 Å². The molecular formula is C11H14N6O3. The van der Waals surface area contributed by atoms with Gasteiger partial charge in [0.2, 0.25) is 5.91 Å². The largest absolute Gasteiger partial charge is 0.476 e. The van der Waals surface area contributed by atoms with Crippen LogP contribution >= 0.6 is 0 Å². The minimum atomic E-state index is -1.17. The molecule has 0 bridgehead atoms. The van der Waals surface area contributed by atoms with E-state index in [1.807, 2.05) is 19.3 Å². The Morgan fingerprint density at radius 2 is 2.25 bits per heavy atom. The smallest absolute Gasteiger partial charge is 0.358 e. The minimum Gasteiger partial charge on any atom is -0.476 e. The fraction of sp³-hybridized carbons (Fsp3) is 0.364. The molecule has 0 fully saturated rings. The summed E-state index contributed by atoms with van der Waals surface area (Å²) in [6, 6.07) is 1.88. The van der Waals surface area contributed by atoms with Gasteiger partial charge in [-0.2, -0.15) is 5.10 Å². The Bertz CT molecular complexity index is 617. The molecule has 2 N–H and O–H groups in total. The van der Waals surface area contributed by atoms with E-state index < -0.39 is 5.97 Å². The number of aromatic carboxylic acids is 1. The third kappa shape index (κ3) is 3.64. The van der Waals surface area contributed by atoms with Crippen LogP contribution in [-0.2, 0) is 24.8 Å². The van der Waals surface area contributed by atoms with Gasteiger partial charge in [0.15, 0.2) is 5.69 Å². The highest BCUT2D eigenvalue weighted by atomic mass is 16.4. The zero-order chi connectivity index (χ0) is 14.5.